The van der Waals surface area contributed by atoms with Crippen LogP contribution in [0.3, 0.4) is 0 Å². The number of methoxy groups -OCH3 is 2. The van der Waals surface area contributed by atoms with Crippen molar-refractivity contribution in [2.24, 2.45) is 0 Å². The first kappa shape index (κ1) is 24.7. The van der Waals surface area contributed by atoms with Crippen molar-refractivity contribution in [1.82, 2.24) is 19.8 Å². The number of carbonyl (C=O) groups is 2. The number of benzene rings is 2. The number of hydrogen-bond donors (Lipinski definition) is 0. The second-order valence-corrected chi connectivity index (χ2v) is 7.81. The maximum atomic E-state index is 13.0. The van der Waals surface area contributed by atoms with E-state index in [0.29, 0.717) is 31.0 Å². The molecule has 3 aromatic rings. The predicted octanol–water partition coefficient (Wildman–Crippen LogP) is 3.23. The molecule has 0 saturated heterocycles. The first-order valence-electron chi connectivity index (χ1n) is 11.1. The molecule has 178 valence electrons. The third kappa shape index (κ3) is 6.78. The van der Waals surface area contributed by atoms with E-state index in [1.807, 2.05) is 48.5 Å². The highest BCUT2D eigenvalue weighted by Crippen LogP contribution is 2.27. The average molecular weight is 463 g/mol. The molecule has 0 radical (unpaired) electrons. The van der Waals surface area contributed by atoms with Gasteiger partial charge < -0.3 is 19.3 Å². The summed E-state index contributed by atoms with van der Waals surface area (Å²) in [5.41, 5.74) is 2.28. The number of aromatic nitrogens is 2. The van der Waals surface area contributed by atoms with Gasteiger partial charge in [-0.15, -0.1) is 0 Å². The molecule has 0 saturated carbocycles. The molecule has 1 heterocycles. The second-order valence-electron chi connectivity index (χ2n) is 7.81. The Kier molecular flexibility index (Phi) is 8.96. The lowest BCUT2D eigenvalue weighted by Gasteiger charge is -2.24. The smallest absolute Gasteiger partial charge is 0.274 e. The quantitative estimate of drug-likeness (QED) is 0.435. The van der Waals surface area contributed by atoms with Crippen LogP contribution in [0.4, 0.5) is 0 Å². The van der Waals surface area contributed by atoms with Crippen molar-refractivity contribution in [3.63, 3.8) is 0 Å². The molecule has 0 unspecified atom stereocenters. The van der Waals surface area contributed by atoms with Crippen LogP contribution in [0.1, 0.15) is 28.0 Å². The molecule has 0 N–H and O–H groups in total. The van der Waals surface area contributed by atoms with Gasteiger partial charge in [-0.25, -0.2) is 4.98 Å². The van der Waals surface area contributed by atoms with Crippen molar-refractivity contribution < 1.29 is 19.1 Å². The van der Waals surface area contributed by atoms with Crippen molar-refractivity contribution >= 4 is 11.8 Å². The SMILES string of the molecule is COc1ccc(CCN(C)C(=O)CCN(Cc2ccccc2)C(=O)c2cnccn2)cc1OC. The molecular weight excluding hydrogens is 432 g/mol. The van der Waals surface area contributed by atoms with Gasteiger partial charge in [-0.3, -0.25) is 14.6 Å². The van der Waals surface area contributed by atoms with Crippen LogP contribution in [-0.2, 0) is 17.8 Å². The summed E-state index contributed by atoms with van der Waals surface area (Å²) in [4.78, 5) is 37.3. The fourth-order valence-corrected chi connectivity index (χ4v) is 3.51. The van der Waals surface area contributed by atoms with Crippen LogP contribution >= 0.6 is 0 Å². The molecule has 0 atom stereocenters. The molecule has 2 aromatic carbocycles. The largest absolute Gasteiger partial charge is 0.493 e. The highest BCUT2D eigenvalue weighted by atomic mass is 16.5. The fraction of sp³-hybridized carbons (Fsp3) is 0.308. The van der Waals surface area contributed by atoms with Crippen LogP contribution in [0.5, 0.6) is 11.5 Å². The molecule has 34 heavy (non-hydrogen) atoms. The molecule has 0 fully saturated rings. The lowest BCUT2D eigenvalue weighted by atomic mass is 10.1. The molecule has 2 amide bonds. The van der Waals surface area contributed by atoms with Gasteiger partial charge in [-0.1, -0.05) is 36.4 Å². The van der Waals surface area contributed by atoms with Crippen LogP contribution in [0.15, 0.2) is 67.1 Å². The average Bonchev–Trinajstić information content (AvgIpc) is 2.89. The van der Waals surface area contributed by atoms with Gasteiger partial charge in [0.05, 0.1) is 20.4 Å². The summed E-state index contributed by atoms with van der Waals surface area (Å²) in [6.45, 7) is 1.22. The Balaban J connectivity index is 1.60. The third-order valence-electron chi connectivity index (χ3n) is 5.49. The van der Waals surface area contributed by atoms with Crippen LogP contribution in [-0.4, -0.2) is 65.9 Å². The highest BCUT2D eigenvalue weighted by Gasteiger charge is 2.20. The van der Waals surface area contributed by atoms with Crippen LogP contribution in [0.2, 0.25) is 0 Å². The predicted molar refractivity (Wildman–Crippen MR) is 129 cm³/mol. The van der Waals surface area contributed by atoms with E-state index in [4.69, 9.17) is 9.47 Å². The van der Waals surface area contributed by atoms with E-state index in [-0.39, 0.29) is 30.5 Å². The van der Waals surface area contributed by atoms with E-state index >= 15 is 0 Å². The molecule has 0 aliphatic carbocycles. The van der Waals surface area contributed by atoms with Gasteiger partial charge in [-0.05, 0) is 29.7 Å². The number of rotatable bonds is 11. The number of likely N-dealkylation sites (N-methyl/N-ethyl adjacent to an activating group) is 1. The first-order chi connectivity index (χ1) is 16.5. The maximum absolute atomic E-state index is 13.0. The van der Waals surface area contributed by atoms with Gasteiger partial charge >= 0.3 is 0 Å². The van der Waals surface area contributed by atoms with Crippen molar-refractivity contribution in [2.75, 3.05) is 34.4 Å². The van der Waals surface area contributed by atoms with Gasteiger partial charge in [-0.2, -0.15) is 0 Å². The Hall–Kier alpha value is -3.94. The van der Waals surface area contributed by atoms with Gasteiger partial charge in [0.25, 0.3) is 5.91 Å². The Bertz CT molecular complexity index is 1080. The van der Waals surface area contributed by atoms with Gasteiger partial charge in [0.15, 0.2) is 11.5 Å². The molecule has 0 aliphatic heterocycles. The lowest BCUT2D eigenvalue weighted by Crippen LogP contribution is -2.36. The van der Waals surface area contributed by atoms with Crippen molar-refractivity contribution in [1.29, 1.82) is 0 Å². The standard InChI is InChI=1S/C26H30N4O4/c1-29(15-11-20-9-10-23(33-2)24(17-20)34-3)25(31)12-16-30(19-21-7-5-4-6-8-21)26(32)22-18-27-13-14-28-22/h4-10,13-14,17-18H,11-12,15-16,19H2,1-3H3. The van der Waals surface area contributed by atoms with E-state index in [9.17, 15) is 9.59 Å². The maximum Gasteiger partial charge on any atom is 0.274 e. The Morgan fingerprint density at radius 2 is 1.68 bits per heavy atom. The molecule has 1 aromatic heterocycles. The minimum absolute atomic E-state index is 0.0366. The summed E-state index contributed by atoms with van der Waals surface area (Å²) in [5, 5.41) is 0. The Morgan fingerprint density at radius 1 is 0.912 bits per heavy atom. The molecule has 3 rings (SSSR count). The van der Waals surface area contributed by atoms with E-state index in [2.05, 4.69) is 9.97 Å². The van der Waals surface area contributed by atoms with Crippen molar-refractivity contribution in [3.05, 3.63) is 83.9 Å². The molecule has 0 bridgehead atoms. The zero-order chi connectivity index (χ0) is 24.3. The normalized spacial score (nSPS) is 10.4. The highest BCUT2D eigenvalue weighted by molar-refractivity contribution is 5.92. The summed E-state index contributed by atoms with van der Waals surface area (Å²) in [6.07, 6.45) is 5.34. The van der Waals surface area contributed by atoms with E-state index in [1.165, 1.54) is 18.6 Å². The van der Waals surface area contributed by atoms with Crippen molar-refractivity contribution in [3.8, 4) is 11.5 Å². The van der Waals surface area contributed by atoms with Crippen LogP contribution < -0.4 is 9.47 Å². The molecule has 0 aliphatic rings. The summed E-state index contributed by atoms with van der Waals surface area (Å²) in [7, 11) is 4.97. The number of nitrogens with zero attached hydrogens (tertiary/aromatic N) is 4. The van der Waals surface area contributed by atoms with Crippen LogP contribution in [0, 0.1) is 0 Å². The minimum Gasteiger partial charge on any atom is -0.493 e. The molecule has 8 heteroatoms. The lowest BCUT2D eigenvalue weighted by molar-refractivity contribution is -0.130. The minimum atomic E-state index is -0.252. The number of hydrogen-bond acceptors (Lipinski definition) is 6. The second kappa shape index (κ2) is 12.3. The Morgan fingerprint density at radius 3 is 2.35 bits per heavy atom. The van der Waals surface area contributed by atoms with Gasteiger partial charge in [0.2, 0.25) is 5.91 Å². The van der Waals surface area contributed by atoms with Gasteiger partial charge in [0.1, 0.15) is 5.69 Å². The fourth-order valence-electron chi connectivity index (χ4n) is 3.51. The summed E-state index contributed by atoms with van der Waals surface area (Å²) < 4.78 is 10.6. The third-order valence-corrected chi connectivity index (χ3v) is 5.49. The zero-order valence-electron chi connectivity index (χ0n) is 19.8. The van der Waals surface area contributed by atoms with E-state index in [0.717, 1.165) is 11.1 Å². The van der Waals surface area contributed by atoms with E-state index < -0.39 is 0 Å². The molecular formula is C26H30N4O4. The summed E-state index contributed by atoms with van der Waals surface area (Å²) in [5.74, 6) is 1.04. The molecule has 8 nitrogen and oxygen atoms in total. The number of carbonyl (C=O) groups excluding carboxylic acids is 2. The first-order valence-corrected chi connectivity index (χ1v) is 11.1. The zero-order valence-corrected chi connectivity index (χ0v) is 19.8. The summed E-state index contributed by atoms with van der Waals surface area (Å²) in [6, 6.07) is 15.4. The Labute approximate surface area is 200 Å². The van der Waals surface area contributed by atoms with Crippen molar-refractivity contribution in [2.45, 2.75) is 19.4 Å². The van der Waals surface area contributed by atoms with E-state index in [1.54, 1.807) is 31.1 Å². The number of amides is 2. The van der Waals surface area contributed by atoms with Crippen LogP contribution in [0.25, 0.3) is 0 Å². The molecule has 0 spiro atoms. The monoisotopic (exact) mass is 462 g/mol. The number of ether oxygens (including phenoxy) is 2. The summed E-state index contributed by atoms with van der Waals surface area (Å²) >= 11 is 0. The topological polar surface area (TPSA) is 84.9 Å². The van der Waals surface area contributed by atoms with Gasteiger partial charge in [0, 0.05) is 45.5 Å².